The quantitative estimate of drug-likeness (QED) is 0.144. The van der Waals surface area contributed by atoms with Gasteiger partial charge in [0, 0.05) is 33.4 Å². The van der Waals surface area contributed by atoms with Gasteiger partial charge in [0.2, 0.25) is 0 Å². The molecule has 0 aliphatic carbocycles. The van der Waals surface area contributed by atoms with Crippen molar-refractivity contribution in [2.45, 2.75) is 0 Å². The van der Waals surface area contributed by atoms with Crippen LogP contribution < -0.4 is 4.90 Å². The lowest BCUT2D eigenvalue weighted by molar-refractivity contribution is 0.670. The fourth-order valence-corrected chi connectivity index (χ4v) is 9.43. The molecule has 11 aromatic carbocycles. The zero-order chi connectivity index (χ0) is 43.8. The average Bonchev–Trinajstić information content (AvgIpc) is 3.79. The molecule has 1 heterocycles. The van der Waals surface area contributed by atoms with E-state index in [4.69, 9.17) is 4.42 Å². The van der Waals surface area contributed by atoms with Crippen molar-refractivity contribution in [3.63, 3.8) is 0 Å². The van der Waals surface area contributed by atoms with Crippen LogP contribution in [0.5, 0.6) is 0 Å². The van der Waals surface area contributed by atoms with E-state index in [1.807, 2.05) is 12.1 Å². The van der Waals surface area contributed by atoms with Crippen LogP contribution in [-0.4, -0.2) is 0 Å². The minimum absolute atomic E-state index is 0.903. The Hall–Kier alpha value is -8.72. The second-order valence-corrected chi connectivity index (χ2v) is 16.9. The molecule has 0 bridgehead atoms. The summed E-state index contributed by atoms with van der Waals surface area (Å²) in [5, 5.41) is 4.77. The Bertz CT molecular complexity index is 3660. The first-order valence-electron chi connectivity index (χ1n) is 22.6. The van der Waals surface area contributed by atoms with Crippen LogP contribution in [0.3, 0.4) is 0 Å². The normalized spacial score (nSPS) is 11.3. The number of nitrogens with zero attached hydrogens (tertiary/aromatic N) is 1. The monoisotopic (exact) mass is 841 g/mol. The van der Waals surface area contributed by atoms with Crippen molar-refractivity contribution in [3.05, 3.63) is 261 Å². The van der Waals surface area contributed by atoms with E-state index >= 15 is 0 Å². The van der Waals surface area contributed by atoms with Crippen LogP contribution >= 0.6 is 0 Å². The first-order chi connectivity index (χ1) is 32.7. The van der Waals surface area contributed by atoms with E-state index < -0.39 is 0 Å². The summed E-state index contributed by atoms with van der Waals surface area (Å²) in [6, 6.07) is 93.8. The predicted molar refractivity (Wildman–Crippen MR) is 279 cm³/mol. The minimum atomic E-state index is 0.903. The molecule has 1 aromatic heterocycles. The number of para-hydroxylation sites is 2. The second kappa shape index (κ2) is 16.8. The molecule has 0 saturated heterocycles. The van der Waals surface area contributed by atoms with Gasteiger partial charge in [-0.1, -0.05) is 200 Å². The number of hydrogen-bond donors (Lipinski definition) is 0. The van der Waals surface area contributed by atoms with Crippen LogP contribution in [0.25, 0.3) is 99.5 Å². The van der Waals surface area contributed by atoms with E-state index in [-0.39, 0.29) is 0 Å². The first-order valence-corrected chi connectivity index (χ1v) is 22.6. The lowest BCUT2D eigenvalue weighted by atomic mass is 9.96. The zero-order valence-electron chi connectivity index (χ0n) is 36.2. The maximum Gasteiger partial charge on any atom is 0.143 e. The maximum atomic E-state index is 6.43. The highest BCUT2D eigenvalue weighted by Gasteiger charge is 2.16. The third-order valence-corrected chi connectivity index (χ3v) is 12.9. The molecule has 0 atom stereocenters. The molecule has 0 N–H and O–H groups in total. The first kappa shape index (κ1) is 38.9. The lowest BCUT2D eigenvalue weighted by Gasteiger charge is -2.26. The Morgan fingerprint density at radius 1 is 0.242 bits per heavy atom. The summed E-state index contributed by atoms with van der Waals surface area (Å²) >= 11 is 0. The van der Waals surface area contributed by atoms with E-state index in [2.05, 4.69) is 254 Å². The highest BCUT2D eigenvalue weighted by Crippen LogP contribution is 2.41. The van der Waals surface area contributed by atoms with Crippen LogP contribution in [0.4, 0.5) is 17.1 Å². The molecular formula is C64H43NO. The summed E-state index contributed by atoms with van der Waals surface area (Å²) in [6.45, 7) is 0. The maximum absolute atomic E-state index is 6.43. The van der Waals surface area contributed by atoms with Crippen LogP contribution in [0.15, 0.2) is 265 Å². The molecule has 0 unspecified atom stereocenters. The summed E-state index contributed by atoms with van der Waals surface area (Å²) in [6.07, 6.45) is 0. The van der Waals surface area contributed by atoms with Crippen molar-refractivity contribution < 1.29 is 4.42 Å². The fraction of sp³-hybridized carbons (Fsp3) is 0. The number of furan rings is 1. The van der Waals surface area contributed by atoms with E-state index in [9.17, 15) is 0 Å². The van der Waals surface area contributed by atoms with Crippen molar-refractivity contribution in [2.75, 3.05) is 4.90 Å². The van der Waals surface area contributed by atoms with Gasteiger partial charge in [-0.05, 0) is 133 Å². The number of benzene rings is 11. The Balaban J connectivity index is 0.860. The summed E-state index contributed by atoms with van der Waals surface area (Å²) in [4.78, 5) is 2.34. The van der Waals surface area contributed by atoms with E-state index in [0.29, 0.717) is 0 Å². The van der Waals surface area contributed by atoms with Gasteiger partial charge in [0.05, 0.1) is 0 Å². The third-order valence-electron chi connectivity index (χ3n) is 12.9. The molecule has 2 heteroatoms. The largest absolute Gasteiger partial charge is 0.455 e. The average molecular weight is 842 g/mol. The van der Waals surface area contributed by atoms with Crippen LogP contribution in [0.1, 0.15) is 0 Å². The number of anilines is 3. The molecule has 0 aliphatic heterocycles. The van der Waals surface area contributed by atoms with Gasteiger partial charge in [-0.3, -0.25) is 0 Å². The lowest BCUT2D eigenvalue weighted by Crippen LogP contribution is -2.09. The summed E-state index contributed by atoms with van der Waals surface area (Å²) in [5.74, 6) is 0. The van der Waals surface area contributed by atoms with Gasteiger partial charge in [-0.25, -0.2) is 0 Å². The molecule has 0 fully saturated rings. The molecule has 0 amide bonds. The van der Waals surface area contributed by atoms with Gasteiger partial charge in [0.1, 0.15) is 11.2 Å². The van der Waals surface area contributed by atoms with Gasteiger partial charge in [-0.2, -0.15) is 0 Å². The third kappa shape index (κ3) is 7.41. The van der Waals surface area contributed by atoms with Gasteiger partial charge in [-0.15, -0.1) is 0 Å². The zero-order valence-corrected chi connectivity index (χ0v) is 36.2. The van der Waals surface area contributed by atoms with Crippen LogP contribution in [0, 0.1) is 0 Å². The highest BCUT2D eigenvalue weighted by atomic mass is 16.3. The molecule has 0 saturated carbocycles. The summed E-state index contributed by atoms with van der Waals surface area (Å²) in [5.41, 5.74) is 19.2. The minimum Gasteiger partial charge on any atom is -0.455 e. The molecule has 0 spiro atoms. The van der Waals surface area contributed by atoms with E-state index in [0.717, 1.165) is 55.7 Å². The topological polar surface area (TPSA) is 16.4 Å². The molecule has 2 nitrogen and oxygen atoms in total. The SMILES string of the molecule is c1ccc(-c2cccc(-c3ccc(N(c4ccc(-c5ccc(-c6cccc(-c7ccc8ccccc8c7)c6)cc5)cc4)c4ccc(-c5cccc6c5oc5ccccc56)cc4)cc3)c2)cc1. The Labute approximate surface area is 384 Å². The summed E-state index contributed by atoms with van der Waals surface area (Å²) in [7, 11) is 0. The Morgan fingerprint density at radius 2 is 0.636 bits per heavy atom. The number of hydrogen-bond acceptors (Lipinski definition) is 2. The molecule has 12 aromatic rings. The van der Waals surface area contributed by atoms with Crippen molar-refractivity contribution in [2.24, 2.45) is 0 Å². The van der Waals surface area contributed by atoms with E-state index in [1.165, 1.54) is 60.8 Å². The van der Waals surface area contributed by atoms with Gasteiger partial charge < -0.3 is 9.32 Å². The van der Waals surface area contributed by atoms with Gasteiger partial charge >= 0.3 is 0 Å². The van der Waals surface area contributed by atoms with E-state index in [1.54, 1.807) is 0 Å². The highest BCUT2D eigenvalue weighted by molar-refractivity contribution is 6.09. The molecule has 66 heavy (non-hydrogen) atoms. The summed E-state index contributed by atoms with van der Waals surface area (Å²) < 4.78 is 6.43. The predicted octanol–water partition coefficient (Wildman–Crippen LogP) is 18.2. The Morgan fingerprint density at radius 3 is 1.24 bits per heavy atom. The number of rotatable bonds is 9. The Kier molecular flexibility index (Phi) is 9.89. The van der Waals surface area contributed by atoms with Crippen molar-refractivity contribution in [1.29, 1.82) is 0 Å². The molecule has 310 valence electrons. The number of fused-ring (bicyclic) bond motifs is 4. The second-order valence-electron chi connectivity index (χ2n) is 16.9. The van der Waals surface area contributed by atoms with Gasteiger partial charge in [0.15, 0.2) is 0 Å². The van der Waals surface area contributed by atoms with Crippen LogP contribution in [0.2, 0.25) is 0 Å². The fourth-order valence-electron chi connectivity index (χ4n) is 9.43. The molecule has 0 radical (unpaired) electrons. The molecule has 0 aliphatic rings. The van der Waals surface area contributed by atoms with Crippen molar-refractivity contribution in [1.82, 2.24) is 0 Å². The molecule has 12 rings (SSSR count). The van der Waals surface area contributed by atoms with Crippen molar-refractivity contribution >= 4 is 49.8 Å². The van der Waals surface area contributed by atoms with Gasteiger partial charge in [0.25, 0.3) is 0 Å². The molecular weight excluding hydrogens is 799 g/mol. The smallest absolute Gasteiger partial charge is 0.143 e. The standard InChI is InChI=1S/C64H43NO/c1-2-11-44(12-3-1)52-15-8-16-53(41-52)49-31-37-58(38-32-49)65(59-39-33-50(34-40-59)60-20-10-21-62-61-19-6-7-22-63(61)66-64(60)62)57-35-29-47(30-36-57)46-23-25-48(26-24-46)54-17-9-18-55(42-54)56-28-27-45-13-4-5-14-51(45)43-56/h1-43H. The van der Waals surface area contributed by atoms with Crippen LogP contribution in [-0.2, 0) is 0 Å². The van der Waals surface area contributed by atoms with Crippen molar-refractivity contribution in [3.8, 4) is 66.8 Å².